The van der Waals surface area contributed by atoms with E-state index in [9.17, 15) is 29.2 Å². The van der Waals surface area contributed by atoms with Gasteiger partial charge in [0.15, 0.2) is 11.8 Å². The van der Waals surface area contributed by atoms with Gasteiger partial charge in [-0.25, -0.2) is 9.36 Å². The summed E-state index contributed by atoms with van der Waals surface area (Å²) in [6.45, 7) is 3.88. The predicted octanol–water partition coefficient (Wildman–Crippen LogP) is 0.293. The summed E-state index contributed by atoms with van der Waals surface area (Å²) in [5.74, 6) is 1.58. The summed E-state index contributed by atoms with van der Waals surface area (Å²) in [6.07, 6.45) is 1.18. The van der Waals surface area contributed by atoms with Gasteiger partial charge in [0.25, 0.3) is 5.56 Å². The van der Waals surface area contributed by atoms with Gasteiger partial charge in [-0.2, -0.15) is 5.09 Å². The first kappa shape index (κ1) is 28.3. The van der Waals surface area contributed by atoms with Crippen LogP contribution in [0.5, 0.6) is 5.75 Å². The van der Waals surface area contributed by atoms with E-state index in [2.05, 4.69) is 11.0 Å². The second-order valence-corrected chi connectivity index (χ2v) is 10.2. The number of esters is 1. The number of carbonyl (C=O) groups is 1. The molecule has 0 aliphatic carbocycles. The maximum Gasteiger partial charge on any atom is 0.459 e. The predicted molar refractivity (Wildman–Crippen MR) is 129 cm³/mol. The molecule has 1 saturated heterocycles. The lowest BCUT2D eigenvalue weighted by Gasteiger charge is -2.29. The molecule has 0 saturated carbocycles. The first-order valence-corrected chi connectivity index (χ1v) is 12.7. The number of hydrogen-bond acceptors (Lipinski definition) is 10. The van der Waals surface area contributed by atoms with Crippen molar-refractivity contribution >= 4 is 13.7 Å². The van der Waals surface area contributed by atoms with Gasteiger partial charge in [-0.05, 0) is 32.9 Å². The highest BCUT2D eigenvalue weighted by molar-refractivity contribution is 7.52. The van der Waals surface area contributed by atoms with Crippen molar-refractivity contribution < 1.29 is 38.1 Å². The first-order chi connectivity index (χ1) is 17.4. The molecule has 200 valence electrons. The lowest BCUT2D eigenvalue weighted by Crippen LogP contribution is -2.46. The Morgan fingerprint density at radius 3 is 2.54 bits per heavy atom. The molecular weight excluding hydrogens is 509 g/mol. The van der Waals surface area contributed by atoms with Gasteiger partial charge in [0, 0.05) is 12.3 Å². The van der Waals surface area contributed by atoms with Gasteiger partial charge < -0.3 is 24.2 Å². The fraction of sp³-hybridized carbons (Fsp3) is 0.435. The largest absolute Gasteiger partial charge is 0.462 e. The second-order valence-electron chi connectivity index (χ2n) is 8.51. The van der Waals surface area contributed by atoms with Crippen LogP contribution in [0.25, 0.3) is 0 Å². The van der Waals surface area contributed by atoms with E-state index >= 15 is 0 Å². The lowest BCUT2D eigenvalue weighted by molar-refractivity contribution is -0.149. The van der Waals surface area contributed by atoms with E-state index in [1.807, 2.05) is 4.98 Å². The molecule has 1 aliphatic rings. The van der Waals surface area contributed by atoms with Crippen molar-refractivity contribution in [3.63, 3.8) is 0 Å². The number of aromatic amines is 1. The average molecular weight is 537 g/mol. The summed E-state index contributed by atoms with van der Waals surface area (Å²) >= 11 is 0. The van der Waals surface area contributed by atoms with Crippen LogP contribution in [0.1, 0.15) is 27.0 Å². The van der Waals surface area contributed by atoms with E-state index in [-0.39, 0.29) is 5.75 Å². The number of nitrogens with zero attached hydrogens (tertiary/aromatic N) is 1. The van der Waals surface area contributed by atoms with Crippen LogP contribution >= 0.6 is 7.75 Å². The zero-order valence-corrected chi connectivity index (χ0v) is 21.2. The Morgan fingerprint density at radius 1 is 1.27 bits per heavy atom. The molecule has 0 bridgehead atoms. The number of aliphatic hydroxyl groups excluding tert-OH is 2. The zero-order valence-electron chi connectivity index (χ0n) is 20.3. The molecule has 37 heavy (non-hydrogen) atoms. The molecule has 0 radical (unpaired) electrons. The smallest absolute Gasteiger partial charge is 0.459 e. The van der Waals surface area contributed by atoms with E-state index in [0.717, 1.165) is 16.8 Å². The van der Waals surface area contributed by atoms with Crippen LogP contribution in [0.2, 0.25) is 0 Å². The van der Waals surface area contributed by atoms with Crippen molar-refractivity contribution in [3.05, 3.63) is 63.4 Å². The Morgan fingerprint density at radius 2 is 1.95 bits per heavy atom. The standard InChI is InChI=1S/C23H28N3O10P/c1-5-23(19(29)18(28)20(35-23)26-12-11-17(27)24-22(26)31)13-33-37(32,36-16-9-7-6-8-10-16)25-15(4)21(30)34-14(2)3/h1,6-12,14-15,18-20,28-29H,13H2,2-4H3,(H,25,32)(H,24,27,31)/t15-,18+,19-,20+,23+,37-/m0/s1. The molecule has 3 rings (SSSR count). The normalized spacial score (nSPS) is 25.7. The van der Waals surface area contributed by atoms with Crippen molar-refractivity contribution in [1.29, 1.82) is 0 Å². The summed E-state index contributed by atoms with van der Waals surface area (Å²) in [4.78, 5) is 37.9. The number of nitrogens with one attached hydrogen (secondary N) is 2. The van der Waals surface area contributed by atoms with Crippen molar-refractivity contribution in [2.75, 3.05) is 6.61 Å². The van der Waals surface area contributed by atoms with Gasteiger partial charge in [-0.15, -0.1) is 6.42 Å². The maximum atomic E-state index is 13.7. The Labute approximate surface area is 211 Å². The number of aromatic nitrogens is 2. The Balaban J connectivity index is 1.87. The van der Waals surface area contributed by atoms with Gasteiger partial charge >= 0.3 is 19.4 Å². The molecule has 13 nitrogen and oxygen atoms in total. The number of benzene rings is 1. The van der Waals surface area contributed by atoms with Crippen LogP contribution in [-0.4, -0.2) is 62.3 Å². The highest BCUT2D eigenvalue weighted by Crippen LogP contribution is 2.47. The number of aliphatic hydroxyl groups is 2. The minimum absolute atomic E-state index is 0.128. The first-order valence-electron chi connectivity index (χ1n) is 11.2. The fourth-order valence-electron chi connectivity index (χ4n) is 3.43. The van der Waals surface area contributed by atoms with Crippen LogP contribution in [0, 0.1) is 12.3 Å². The van der Waals surface area contributed by atoms with E-state index in [4.69, 9.17) is 24.9 Å². The summed E-state index contributed by atoms with van der Waals surface area (Å²) in [5, 5.41) is 23.8. The molecule has 0 amide bonds. The molecule has 1 aromatic carbocycles. The minimum Gasteiger partial charge on any atom is -0.462 e. The van der Waals surface area contributed by atoms with Crippen LogP contribution in [0.4, 0.5) is 0 Å². The molecule has 6 atom stereocenters. The van der Waals surface area contributed by atoms with Crippen molar-refractivity contribution in [2.24, 2.45) is 0 Å². The molecule has 1 aromatic heterocycles. The number of hydrogen-bond donors (Lipinski definition) is 4. The van der Waals surface area contributed by atoms with Gasteiger partial charge in [-0.3, -0.25) is 23.7 Å². The average Bonchev–Trinajstić information content (AvgIpc) is 3.08. The third kappa shape index (κ3) is 6.56. The monoisotopic (exact) mass is 537 g/mol. The third-order valence-corrected chi connectivity index (χ3v) is 6.89. The van der Waals surface area contributed by atoms with Crippen LogP contribution in [0.3, 0.4) is 0 Å². The van der Waals surface area contributed by atoms with E-state index < -0.39 is 67.8 Å². The summed E-state index contributed by atoms with van der Waals surface area (Å²) < 4.78 is 36.4. The molecule has 0 unspecified atom stereocenters. The highest BCUT2D eigenvalue weighted by Gasteiger charge is 2.56. The molecule has 0 spiro atoms. The number of para-hydroxylation sites is 1. The number of ether oxygens (including phenoxy) is 2. The number of carbonyl (C=O) groups excluding carboxylic acids is 1. The molecular formula is C23H28N3O10P. The van der Waals surface area contributed by atoms with Crippen LogP contribution < -0.4 is 20.9 Å². The second kappa shape index (κ2) is 11.4. The zero-order chi connectivity index (χ0) is 27.4. The van der Waals surface area contributed by atoms with E-state index in [0.29, 0.717) is 0 Å². The molecule has 4 N–H and O–H groups in total. The van der Waals surface area contributed by atoms with Gasteiger partial charge in [-0.1, -0.05) is 24.1 Å². The number of terminal acetylenes is 1. The Kier molecular flexibility index (Phi) is 8.76. The number of rotatable bonds is 10. The van der Waals surface area contributed by atoms with Gasteiger partial charge in [0.2, 0.25) is 0 Å². The van der Waals surface area contributed by atoms with Crippen molar-refractivity contribution in [1.82, 2.24) is 14.6 Å². The molecule has 1 aliphatic heterocycles. The quantitative estimate of drug-likeness (QED) is 0.186. The topological polar surface area (TPSA) is 178 Å². The molecule has 2 aromatic rings. The Hall–Kier alpha value is -3.24. The number of H-pyrrole nitrogens is 1. The highest BCUT2D eigenvalue weighted by atomic mass is 31.2. The van der Waals surface area contributed by atoms with Crippen LogP contribution in [-0.2, 0) is 23.4 Å². The van der Waals surface area contributed by atoms with Gasteiger partial charge in [0.1, 0.15) is 30.6 Å². The summed E-state index contributed by atoms with van der Waals surface area (Å²) in [7, 11) is -4.39. The van der Waals surface area contributed by atoms with E-state index in [1.165, 1.54) is 19.1 Å². The third-order valence-electron chi connectivity index (χ3n) is 5.27. The SMILES string of the molecule is C#C[C@]1(CO[P@@](=O)(N[C@@H](C)C(=O)OC(C)C)Oc2ccccc2)O[C@@H](n2ccc(=O)[nH]c2=O)[C@H](O)[C@@H]1O. The fourth-order valence-corrected chi connectivity index (χ4v) is 4.95. The maximum absolute atomic E-state index is 13.7. The van der Waals surface area contributed by atoms with Crippen molar-refractivity contribution in [2.45, 2.75) is 57.0 Å². The minimum atomic E-state index is -4.39. The van der Waals surface area contributed by atoms with Gasteiger partial charge in [0.05, 0.1) is 6.10 Å². The van der Waals surface area contributed by atoms with Crippen molar-refractivity contribution in [3.8, 4) is 18.1 Å². The van der Waals surface area contributed by atoms with Crippen LogP contribution in [0.15, 0.2) is 52.2 Å². The van der Waals surface area contributed by atoms with E-state index in [1.54, 1.807) is 32.0 Å². The lowest BCUT2D eigenvalue weighted by atomic mass is 9.97. The Bertz CT molecular complexity index is 1300. The molecule has 14 heteroatoms. The molecule has 2 heterocycles. The summed E-state index contributed by atoms with van der Waals surface area (Å²) in [5.41, 5.74) is -3.70. The summed E-state index contributed by atoms with van der Waals surface area (Å²) in [6, 6.07) is 7.79. The molecule has 1 fully saturated rings.